The highest BCUT2D eigenvalue weighted by Gasteiger charge is 2.15. The highest BCUT2D eigenvalue weighted by atomic mass is 19.3. The number of alkyl halides is 2. The largest absolute Gasteiger partial charge is 0.434 e. The van der Waals surface area contributed by atoms with Gasteiger partial charge in [-0.2, -0.15) is 8.78 Å². The van der Waals surface area contributed by atoms with Crippen LogP contribution in [0.5, 0.6) is 5.75 Å². The van der Waals surface area contributed by atoms with Crippen LogP contribution >= 0.6 is 0 Å². The summed E-state index contributed by atoms with van der Waals surface area (Å²) in [7, 11) is 0. The van der Waals surface area contributed by atoms with E-state index in [0.29, 0.717) is 11.4 Å². The molecule has 0 spiro atoms. The molecule has 23 heavy (non-hydrogen) atoms. The Hall–Kier alpha value is -2.76. The zero-order valence-electron chi connectivity index (χ0n) is 12.4. The van der Waals surface area contributed by atoms with E-state index in [0.717, 1.165) is 10.9 Å². The van der Waals surface area contributed by atoms with E-state index in [-0.39, 0.29) is 11.8 Å². The molecule has 118 valence electrons. The quantitative estimate of drug-likeness (QED) is 0.758. The molecule has 1 N–H and O–H groups in total. The zero-order chi connectivity index (χ0) is 16.2. The lowest BCUT2D eigenvalue weighted by atomic mass is 10.1. The van der Waals surface area contributed by atoms with Gasteiger partial charge >= 0.3 is 6.61 Å². The van der Waals surface area contributed by atoms with Crippen molar-refractivity contribution in [1.29, 1.82) is 0 Å². The van der Waals surface area contributed by atoms with Crippen LogP contribution in [0.15, 0.2) is 54.9 Å². The van der Waals surface area contributed by atoms with E-state index in [9.17, 15) is 8.78 Å². The first-order chi connectivity index (χ1) is 11.1. The van der Waals surface area contributed by atoms with Gasteiger partial charge in [-0.15, -0.1) is 0 Å². The van der Waals surface area contributed by atoms with Crippen LogP contribution in [0.2, 0.25) is 0 Å². The van der Waals surface area contributed by atoms with Gasteiger partial charge in [0.2, 0.25) is 0 Å². The van der Waals surface area contributed by atoms with Gasteiger partial charge in [-0.25, -0.2) is 9.97 Å². The predicted octanol–water partition coefficient (Wildman–Crippen LogP) is 4.40. The molecular weight excluding hydrogens is 300 g/mol. The molecule has 0 amide bonds. The van der Waals surface area contributed by atoms with Crippen molar-refractivity contribution in [3.8, 4) is 5.75 Å². The SMILES string of the molecule is C[C@H](Nc1ncnc2ccccc12)c1ccccc1OC(F)F. The van der Waals surface area contributed by atoms with Gasteiger partial charge in [-0.3, -0.25) is 0 Å². The molecule has 0 aliphatic carbocycles. The van der Waals surface area contributed by atoms with Crippen molar-refractivity contribution in [2.45, 2.75) is 19.6 Å². The van der Waals surface area contributed by atoms with Crippen LogP contribution in [0.3, 0.4) is 0 Å². The first-order valence-electron chi connectivity index (χ1n) is 7.15. The number of benzene rings is 2. The van der Waals surface area contributed by atoms with Crippen LogP contribution in [0.4, 0.5) is 14.6 Å². The van der Waals surface area contributed by atoms with E-state index in [2.05, 4.69) is 20.0 Å². The molecule has 1 aromatic heterocycles. The standard InChI is InChI=1S/C17H15F2N3O/c1-11(12-6-3-5-9-15(12)23-17(18)19)22-16-13-7-2-4-8-14(13)20-10-21-16/h2-11,17H,1H3,(H,20,21,22)/t11-/m0/s1. The smallest absolute Gasteiger partial charge is 0.387 e. The molecule has 0 saturated heterocycles. The number of anilines is 1. The number of aromatic nitrogens is 2. The molecule has 0 saturated carbocycles. The highest BCUT2D eigenvalue weighted by molar-refractivity contribution is 5.88. The molecular formula is C17H15F2N3O. The topological polar surface area (TPSA) is 47.0 Å². The minimum absolute atomic E-state index is 0.154. The molecule has 4 nitrogen and oxygen atoms in total. The molecule has 0 aliphatic rings. The van der Waals surface area contributed by atoms with Crippen LogP contribution in [-0.4, -0.2) is 16.6 Å². The summed E-state index contributed by atoms with van der Waals surface area (Å²) >= 11 is 0. The molecule has 3 aromatic rings. The van der Waals surface area contributed by atoms with Crippen molar-refractivity contribution in [3.05, 3.63) is 60.4 Å². The Bertz CT molecular complexity index is 805. The molecule has 0 radical (unpaired) electrons. The van der Waals surface area contributed by atoms with Crippen molar-refractivity contribution < 1.29 is 13.5 Å². The van der Waals surface area contributed by atoms with Crippen molar-refractivity contribution in [3.63, 3.8) is 0 Å². The Morgan fingerprint density at radius 1 is 1.00 bits per heavy atom. The predicted molar refractivity (Wildman–Crippen MR) is 84.6 cm³/mol. The fourth-order valence-corrected chi connectivity index (χ4v) is 2.44. The Labute approximate surface area is 132 Å². The third-order valence-corrected chi connectivity index (χ3v) is 3.50. The second-order valence-corrected chi connectivity index (χ2v) is 5.02. The third-order valence-electron chi connectivity index (χ3n) is 3.50. The molecule has 0 fully saturated rings. The van der Waals surface area contributed by atoms with E-state index < -0.39 is 6.61 Å². The van der Waals surface area contributed by atoms with E-state index in [4.69, 9.17) is 0 Å². The average Bonchev–Trinajstić information content (AvgIpc) is 2.55. The summed E-state index contributed by atoms with van der Waals surface area (Å²) in [6.45, 7) is -0.993. The van der Waals surface area contributed by atoms with Gasteiger partial charge in [0.05, 0.1) is 11.6 Å². The Morgan fingerprint density at radius 3 is 2.57 bits per heavy atom. The van der Waals surface area contributed by atoms with Crippen molar-refractivity contribution >= 4 is 16.7 Å². The Kier molecular flexibility index (Phi) is 4.32. The van der Waals surface area contributed by atoms with Gasteiger partial charge in [0, 0.05) is 10.9 Å². The number of ether oxygens (including phenoxy) is 1. The number of hydrogen-bond donors (Lipinski definition) is 1. The normalized spacial score (nSPS) is 12.3. The minimum atomic E-state index is -2.86. The van der Waals surface area contributed by atoms with E-state index >= 15 is 0 Å². The molecule has 6 heteroatoms. The van der Waals surface area contributed by atoms with E-state index in [1.54, 1.807) is 18.2 Å². The summed E-state index contributed by atoms with van der Waals surface area (Å²) in [6.07, 6.45) is 1.47. The van der Waals surface area contributed by atoms with Crippen molar-refractivity contribution in [1.82, 2.24) is 9.97 Å². The molecule has 0 unspecified atom stereocenters. The van der Waals surface area contributed by atoms with Gasteiger partial charge in [0.25, 0.3) is 0 Å². The van der Waals surface area contributed by atoms with Crippen LogP contribution in [0, 0.1) is 0 Å². The second kappa shape index (κ2) is 6.56. The summed E-state index contributed by atoms with van der Waals surface area (Å²) < 4.78 is 29.7. The van der Waals surface area contributed by atoms with Gasteiger partial charge in [0.1, 0.15) is 17.9 Å². The molecule has 1 atom stereocenters. The molecule has 0 bridgehead atoms. The third kappa shape index (κ3) is 3.36. The number of halogens is 2. The number of nitrogens with zero attached hydrogens (tertiary/aromatic N) is 2. The van der Waals surface area contributed by atoms with Crippen LogP contribution < -0.4 is 10.1 Å². The first-order valence-corrected chi connectivity index (χ1v) is 7.15. The van der Waals surface area contributed by atoms with E-state index in [1.165, 1.54) is 12.4 Å². The highest BCUT2D eigenvalue weighted by Crippen LogP contribution is 2.30. The first kappa shape index (κ1) is 15.1. The zero-order valence-corrected chi connectivity index (χ0v) is 12.4. The van der Waals surface area contributed by atoms with Crippen molar-refractivity contribution in [2.75, 3.05) is 5.32 Å². The lowest BCUT2D eigenvalue weighted by molar-refractivity contribution is -0.0505. The summed E-state index contributed by atoms with van der Waals surface area (Å²) in [5.74, 6) is 0.802. The van der Waals surface area contributed by atoms with Gasteiger partial charge < -0.3 is 10.1 Å². The number of rotatable bonds is 5. The summed E-state index contributed by atoms with van der Waals surface area (Å²) in [4.78, 5) is 8.46. The Morgan fingerprint density at radius 2 is 1.74 bits per heavy atom. The molecule has 0 aliphatic heterocycles. The van der Waals surface area contributed by atoms with Gasteiger partial charge in [-0.05, 0) is 25.1 Å². The lowest BCUT2D eigenvalue weighted by Gasteiger charge is -2.19. The number of fused-ring (bicyclic) bond motifs is 1. The fourth-order valence-electron chi connectivity index (χ4n) is 2.44. The second-order valence-electron chi connectivity index (χ2n) is 5.02. The van der Waals surface area contributed by atoms with E-state index in [1.807, 2.05) is 31.2 Å². The lowest BCUT2D eigenvalue weighted by Crippen LogP contribution is -2.12. The minimum Gasteiger partial charge on any atom is -0.434 e. The average molecular weight is 315 g/mol. The maximum atomic E-state index is 12.5. The number of hydrogen-bond acceptors (Lipinski definition) is 4. The number of nitrogens with one attached hydrogen (secondary N) is 1. The maximum Gasteiger partial charge on any atom is 0.387 e. The fraction of sp³-hybridized carbons (Fsp3) is 0.176. The Balaban J connectivity index is 1.91. The van der Waals surface area contributed by atoms with Crippen LogP contribution in [-0.2, 0) is 0 Å². The van der Waals surface area contributed by atoms with Crippen LogP contribution in [0.25, 0.3) is 10.9 Å². The summed E-state index contributed by atoms with van der Waals surface area (Å²) in [5, 5.41) is 4.11. The molecule has 2 aromatic carbocycles. The summed E-state index contributed by atoms with van der Waals surface area (Å²) in [6, 6.07) is 14.0. The molecule has 1 heterocycles. The molecule has 3 rings (SSSR count). The summed E-state index contributed by atoms with van der Waals surface area (Å²) in [5.41, 5.74) is 1.45. The van der Waals surface area contributed by atoms with Gasteiger partial charge in [0.15, 0.2) is 0 Å². The number of para-hydroxylation sites is 2. The van der Waals surface area contributed by atoms with Gasteiger partial charge in [-0.1, -0.05) is 30.3 Å². The van der Waals surface area contributed by atoms with Crippen LogP contribution in [0.1, 0.15) is 18.5 Å². The maximum absolute atomic E-state index is 12.5. The monoisotopic (exact) mass is 315 g/mol. The van der Waals surface area contributed by atoms with Crippen molar-refractivity contribution in [2.24, 2.45) is 0 Å².